The second-order valence-corrected chi connectivity index (χ2v) is 4.77. The number of benzene rings is 2. The molecule has 0 radical (unpaired) electrons. The molecule has 0 amide bonds. The summed E-state index contributed by atoms with van der Waals surface area (Å²) in [5, 5.41) is 0. The zero-order valence-corrected chi connectivity index (χ0v) is 13.0. The van der Waals surface area contributed by atoms with E-state index in [0.717, 1.165) is 6.54 Å². The van der Waals surface area contributed by atoms with Crippen LogP contribution in [0.15, 0.2) is 73.2 Å². The van der Waals surface area contributed by atoms with E-state index in [-0.39, 0.29) is 17.0 Å². The molecule has 0 N–H and O–H groups in total. The van der Waals surface area contributed by atoms with Gasteiger partial charge in [0.25, 0.3) is 0 Å². The number of nitrogens with zero attached hydrogens (tertiary/aromatic N) is 2. The summed E-state index contributed by atoms with van der Waals surface area (Å²) in [6.07, 6.45) is 4.30. The molecule has 1 aromatic heterocycles. The van der Waals surface area contributed by atoms with Crippen molar-refractivity contribution >= 4 is 0 Å². The van der Waals surface area contributed by atoms with E-state index < -0.39 is 0 Å². The Morgan fingerprint density at radius 1 is 0.900 bits per heavy atom. The van der Waals surface area contributed by atoms with Crippen LogP contribution in [0.3, 0.4) is 0 Å². The standard InChI is InChI=1S/C17H17N2.BrH/c1-18-13-17(16-10-6-3-7-11-16)19(14-18)12-15-8-4-2-5-9-15;/h2-11,13-14H,12H2,1H3;1H/q+1;/p-1. The summed E-state index contributed by atoms with van der Waals surface area (Å²) in [5.74, 6) is 0. The van der Waals surface area contributed by atoms with Gasteiger partial charge in [0.2, 0.25) is 6.33 Å². The third-order valence-electron chi connectivity index (χ3n) is 3.22. The van der Waals surface area contributed by atoms with Crippen LogP contribution in [0.4, 0.5) is 0 Å². The Bertz CT molecular complexity index is 660. The van der Waals surface area contributed by atoms with E-state index in [1.165, 1.54) is 16.8 Å². The minimum Gasteiger partial charge on any atom is -1.00 e. The van der Waals surface area contributed by atoms with Gasteiger partial charge in [0, 0.05) is 5.56 Å². The Morgan fingerprint density at radius 3 is 2.15 bits per heavy atom. The Kier molecular flexibility index (Phi) is 4.74. The molecule has 0 saturated heterocycles. The largest absolute Gasteiger partial charge is 1.00 e. The average molecular weight is 329 g/mol. The molecular weight excluding hydrogens is 312 g/mol. The van der Waals surface area contributed by atoms with E-state index in [0.29, 0.717) is 0 Å². The van der Waals surface area contributed by atoms with Crippen molar-refractivity contribution in [2.24, 2.45) is 7.05 Å². The molecule has 0 saturated carbocycles. The molecule has 1 heterocycles. The monoisotopic (exact) mass is 328 g/mol. The minimum atomic E-state index is 0. The molecule has 2 nitrogen and oxygen atoms in total. The van der Waals surface area contributed by atoms with Crippen molar-refractivity contribution in [3.63, 3.8) is 0 Å². The molecule has 3 heteroatoms. The molecule has 3 aromatic rings. The molecule has 0 unspecified atom stereocenters. The van der Waals surface area contributed by atoms with E-state index in [1.54, 1.807) is 0 Å². The summed E-state index contributed by atoms with van der Waals surface area (Å²) < 4.78 is 4.38. The maximum atomic E-state index is 2.28. The third kappa shape index (κ3) is 3.17. The second-order valence-electron chi connectivity index (χ2n) is 4.77. The molecule has 0 fully saturated rings. The van der Waals surface area contributed by atoms with Crippen LogP contribution in [0, 0.1) is 0 Å². The molecule has 20 heavy (non-hydrogen) atoms. The van der Waals surface area contributed by atoms with Crippen molar-refractivity contribution < 1.29 is 21.5 Å². The van der Waals surface area contributed by atoms with Gasteiger partial charge < -0.3 is 17.0 Å². The number of aromatic nitrogens is 2. The predicted octanol–water partition coefficient (Wildman–Crippen LogP) is 0.0319. The minimum absolute atomic E-state index is 0. The first-order valence-electron chi connectivity index (χ1n) is 6.48. The number of rotatable bonds is 3. The summed E-state index contributed by atoms with van der Waals surface area (Å²) in [7, 11) is 2.06. The Hall–Kier alpha value is -1.87. The Balaban J connectivity index is 0.00000147. The highest BCUT2D eigenvalue weighted by Crippen LogP contribution is 2.18. The SMILES string of the molecule is C[n+]1cc(-c2ccccc2)n(Cc2ccccc2)c1.[Br-]. The molecule has 3 rings (SSSR count). The lowest BCUT2D eigenvalue weighted by atomic mass is 10.1. The van der Waals surface area contributed by atoms with E-state index in [4.69, 9.17) is 0 Å². The normalized spacial score (nSPS) is 10.1. The van der Waals surface area contributed by atoms with Gasteiger partial charge in [-0.2, -0.15) is 0 Å². The van der Waals surface area contributed by atoms with E-state index in [9.17, 15) is 0 Å². The highest BCUT2D eigenvalue weighted by Gasteiger charge is 2.13. The first kappa shape index (κ1) is 14.5. The van der Waals surface area contributed by atoms with E-state index >= 15 is 0 Å². The van der Waals surface area contributed by atoms with Gasteiger partial charge in [0.15, 0.2) is 5.69 Å². The van der Waals surface area contributed by atoms with Crippen LogP contribution in [0.5, 0.6) is 0 Å². The number of hydrogen-bond acceptors (Lipinski definition) is 0. The zero-order valence-electron chi connectivity index (χ0n) is 11.4. The lowest BCUT2D eigenvalue weighted by molar-refractivity contribution is -0.670. The molecular formula is C17H17BrN2. The number of imidazole rings is 1. The zero-order chi connectivity index (χ0) is 13.1. The number of halogens is 1. The topological polar surface area (TPSA) is 8.81 Å². The highest BCUT2D eigenvalue weighted by molar-refractivity contribution is 5.57. The quantitative estimate of drug-likeness (QED) is 0.600. The smallest absolute Gasteiger partial charge is 0.244 e. The summed E-state index contributed by atoms with van der Waals surface area (Å²) in [6.45, 7) is 0.895. The lowest BCUT2D eigenvalue weighted by Crippen LogP contribution is -3.00. The van der Waals surface area contributed by atoms with Gasteiger partial charge in [-0.05, 0) is 5.56 Å². The molecule has 102 valence electrons. The van der Waals surface area contributed by atoms with Gasteiger partial charge in [-0.25, -0.2) is 9.13 Å². The van der Waals surface area contributed by atoms with Crippen molar-refractivity contribution in [3.8, 4) is 11.3 Å². The number of aryl methyl sites for hydroxylation is 1. The van der Waals surface area contributed by atoms with Crippen molar-refractivity contribution in [2.75, 3.05) is 0 Å². The van der Waals surface area contributed by atoms with Gasteiger partial charge in [0.05, 0.1) is 7.05 Å². The summed E-state index contributed by atoms with van der Waals surface area (Å²) in [6, 6.07) is 21.1. The van der Waals surface area contributed by atoms with Gasteiger partial charge in [0.1, 0.15) is 12.7 Å². The molecule has 0 spiro atoms. The summed E-state index contributed by atoms with van der Waals surface area (Å²) >= 11 is 0. The molecule has 0 aliphatic heterocycles. The summed E-state index contributed by atoms with van der Waals surface area (Å²) in [4.78, 5) is 0. The van der Waals surface area contributed by atoms with Gasteiger partial charge >= 0.3 is 0 Å². The first-order chi connectivity index (χ1) is 9.33. The molecule has 0 bridgehead atoms. The maximum absolute atomic E-state index is 2.28. The van der Waals surface area contributed by atoms with Crippen molar-refractivity contribution in [1.82, 2.24) is 4.57 Å². The fourth-order valence-electron chi connectivity index (χ4n) is 2.34. The van der Waals surface area contributed by atoms with Crippen LogP contribution < -0.4 is 21.5 Å². The lowest BCUT2D eigenvalue weighted by Gasteiger charge is -2.02. The Morgan fingerprint density at radius 2 is 1.50 bits per heavy atom. The van der Waals surface area contributed by atoms with Crippen LogP contribution in [0.25, 0.3) is 11.3 Å². The fourth-order valence-corrected chi connectivity index (χ4v) is 2.34. The van der Waals surface area contributed by atoms with Gasteiger partial charge in [-0.1, -0.05) is 60.7 Å². The van der Waals surface area contributed by atoms with Crippen LogP contribution in [-0.4, -0.2) is 4.57 Å². The molecule has 0 aliphatic rings. The highest BCUT2D eigenvalue weighted by atomic mass is 79.9. The van der Waals surface area contributed by atoms with E-state index in [1.807, 2.05) is 6.07 Å². The molecule has 0 aliphatic carbocycles. The predicted molar refractivity (Wildman–Crippen MR) is 76.6 cm³/mol. The van der Waals surface area contributed by atoms with Crippen molar-refractivity contribution in [1.29, 1.82) is 0 Å². The van der Waals surface area contributed by atoms with Crippen LogP contribution in [0.2, 0.25) is 0 Å². The molecule has 0 atom stereocenters. The average Bonchev–Trinajstić information content (AvgIpc) is 2.82. The van der Waals surface area contributed by atoms with Crippen LogP contribution in [0.1, 0.15) is 5.56 Å². The second kappa shape index (κ2) is 6.53. The third-order valence-corrected chi connectivity index (χ3v) is 3.22. The van der Waals surface area contributed by atoms with Gasteiger partial charge in [-0.3, -0.25) is 0 Å². The summed E-state index contributed by atoms with van der Waals surface area (Å²) in [5.41, 5.74) is 3.81. The Labute approximate surface area is 130 Å². The molecule has 2 aromatic carbocycles. The van der Waals surface area contributed by atoms with Crippen LogP contribution >= 0.6 is 0 Å². The number of hydrogen-bond donors (Lipinski definition) is 0. The first-order valence-corrected chi connectivity index (χ1v) is 6.48. The van der Waals surface area contributed by atoms with Crippen molar-refractivity contribution in [2.45, 2.75) is 6.54 Å². The van der Waals surface area contributed by atoms with Crippen molar-refractivity contribution in [3.05, 3.63) is 78.8 Å². The van der Waals surface area contributed by atoms with E-state index in [2.05, 4.69) is 83.3 Å². The van der Waals surface area contributed by atoms with Crippen LogP contribution in [-0.2, 0) is 13.6 Å². The fraction of sp³-hybridized carbons (Fsp3) is 0.118. The van der Waals surface area contributed by atoms with Gasteiger partial charge in [-0.15, -0.1) is 0 Å². The maximum Gasteiger partial charge on any atom is 0.244 e.